The molecule has 1 aliphatic rings. The van der Waals surface area contributed by atoms with Gasteiger partial charge in [-0.05, 0) is 56.7 Å². The van der Waals surface area contributed by atoms with E-state index in [2.05, 4.69) is 35.6 Å². The lowest BCUT2D eigenvalue weighted by molar-refractivity contribution is 0.101. The maximum absolute atomic E-state index is 9.60. The Morgan fingerprint density at radius 1 is 1.17 bits per heavy atom. The molecule has 0 heterocycles. The van der Waals surface area contributed by atoms with Gasteiger partial charge in [-0.15, -0.1) is 0 Å². The number of rotatable bonds is 6. The van der Waals surface area contributed by atoms with Crippen molar-refractivity contribution in [2.75, 3.05) is 13.1 Å². The van der Waals surface area contributed by atoms with Crippen LogP contribution >= 0.6 is 0 Å². The highest BCUT2D eigenvalue weighted by atomic mass is 16.3. The van der Waals surface area contributed by atoms with Gasteiger partial charge in [0.1, 0.15) is 0 Å². The average Bonchev–Trinajstić information content (AvgIpc) is 2.40. The normalized spacial score (nSPS) is 24.1. The first-order chi connectivity index (χ1) is 8.84. The van der Waals surface area contributed by atoms with Crippen molar-refractivity contribution in [3.05, 3.63) is 35.9 Å². The van der Waals surface area contributed by atoms with Crippen LogP contribution in [-0.4, -0.2) is 24.3 Å². The molecule has 1 aromatic rings. The summed E-state index contributed by atoms with van der Waals surface area (Å²) in [4.78, 5) is 0. The van der Waals surface area contributed by atoms with Gasteiger partial charge in [-0.3, -0.25) is 0 Å². The van der Waals surface area contributed by atoms with Crippen LogP contribution in [0.15, 0.2) is 30.3 Å². The lowest BCUT2D eigenvalue weighted by Crippen LogP contribution is -2.29. The summed E-state index contributed by atoms with van der Waals surface area (Å²) in [6, 6.07) is 10.7. The minimum atomic E-state index is -0.0464. The lowest BCUT2D eigenvalue weighted by Gasteiger charge is -2.25. The van der Waals surface area contributed by atoms with Gasteiger partial charge in [-0.2, -0.15) is 0 Å². The second kappa shape index (κ2) is 7.55. The maximum atomic E-state index is 9.60. The van der Waals surface area contributed by atoms with Gasteiger partial charge in [0.25, 0.3) is 0 Å². The van der Waals surface area contributed by atoms with E-state index in [-0.39, 0.29) is 6.10 Å². The van der Waals surface area contributed by atoms with E-state index in [1.165, 1.54) is 24.8 Å². The van der Waals surface area contributed by atoms with Gasteiger partial charge in [-0.1, -0.05) is 36.8 Å². The van der Waals surface area contributed by atoms with Crippen LogP contribution in [0.5, 0.6) is 0 Å². The van der Waals surface area contributed by atoms with Gasteiger partial charge in [0.2, 0.25) is 0 Å². The number of hydrogen-bond donors (Lipinski definition) is 2. The SMILES string of the molecule is OC1CCCC(CNCCCc2ccccc2)C1. The van der Waals surface area contributed by atoms with Crippen molar-refractivity contribution < 1.29 is 5.11 Å². The molecule has 1 aromatic carbocycles. The largest absolute Gasteiger partial charge is 0.393 e. The molecule has 0 radical (unpaired) electrons. The second-order valence-electron chi connectivity index (χ2n) is 5.48. The zero-order valence-electron chi connectivity index (χ0n) is 11.1. The monoisotopic (exact) mass is 247 g/mol. The summed E-state index contributed by atoms with van der Waals surface area (Å²) in [6.07, 6.45) is 6.77. The van der Waals surface area contributed by atoms with Crippen molar-refractivity contribution in [1.82, 2.24) is 5.32 Å². The molecule has 1 fully saturated rings. The molecule has 2 atom stereocenters. The van der Waals surface area contributed by atoms with Crippen LogP contribution in [-0.2, 0) is 6.42 Å². The molecule has 0 amide bonds. The molecule has 100 valence electrons. The van der Waals surface area contributed by atoms with Crippen molar-refractivity contribution >= 4 is 0 Å². The zero-order chi connectivity index (χ0) is 12.6. The Hall–Kier alpha value is -0.860. The molecular weight excluding hydrogens is 222 g/mol. The number of nitrogens with one attached hydrogen (secondary N) is 1. The molecule has 0 aromatic heterocycles. The van der Waals surface area contributed by atoms with Crippen molar-refractivity contribution in [2.24, 2.45) is 5.92 Å². The highest BCUT2D eigenvalue weighted by Crippen LogP contribution is 2.23. The number of benzene rings is 1. The molecule has 0 spiro atoms. The molecule has 2 rings (SSSR count). The molecule has 0 bridgehead atoms. The molecule has 18 heavy (non-hydrogen) atoms. The summed E-state index contributed by atoms with van der Waals surface area (Å²) in [5.74, 6) is 0.686. The van der Waals surface area contributed by atoms with Crippen molar-refractivity contribution in [3.63, 3.8) is 0 Å². The van der Waals surface area contributed by atoms with Crippen LogP contribution in [0.4, 0.5) is 0 Å². The van der Waals surface area contributed by atoms with Crippen LogP contribution in [0.2, 0.25) is 0 Å². The second-order valence-corrected chi connectivity index (χ2v) is 5.48. The predicted octanol–water partition coefficient (Wildman–Crippen LogP) is 2.76. The van der Waals surface area contributed by atoms with E-state index in [0.717, 1.165) is 32.4 Å². The lowest BCUT2D eigenvalue weighted by atomic mass is 9.87. The third-order valence-corrected chi connectivity index (χ3v) is 3.85. The van der Waals surface area contributed by atoms with Crippen molar-refractivity contribution in [1.29, 1.82) is 0 Å². The van der Waals surface area contributed by atoms with E-state index in [0.29, 0.717) is 5.92 Å². The number of aryl methyl sites for hydroxylation is 1. The fourth-order valence-electron chi connectivity index (χ4n) is 2.82. The molecular formula is C16H25NO. The summed E-state index contributed by atoms with van der Waals surface area (Å²) >= 11 is 0. The molecule has 0 saturated heterocycles. The van der Waals surface area contributed by atoms with Crippen molar-refractivity contribution in [3.8, 4) is 0 Å². The van der Waals surface area contributed by atoms with E-state index in [9.17, 15) is 5.11 Å². The van der Waals surface area contributed by atoms with Crippen LogP contribution in [0, 0.1) is 5.92 Å². The quantitative estimate of drug-likeness (QED) is 0.758. The Morgan fingerprint density at radius 2 is 2.00 bits per heavy atom. The number of aliphatic hydroxyl groups excluding tert-OH is 1. The highest BCUT2D eigenvalue weighted by molar-refractivity contribution is 5.14. The molecule has 1 aliphatic carbocycles. The van der Waals surface area contributed by atoms with Gasteiger partial charge in [0, 0.05) is 0 Å². The minimum absolute atomic E-state index is 0.0464. The Kier molecular flexibility index (Phi) is 5.69. The summed E-state index contributed by atoms with van der Waals surface area (Å²) < 4.78 is 0. The van der Waals surface area contributed by atoms with Crippen LogP contribution in [0.1, 0.15) is 37.7 Å². The van der Waals surface area contributed by atoms with Gasteiger partial charge >= 0.3 is 0 Å². The standard InChI is InChI=1S/C16H25NO/c18-16-10-4-8-15(12-16)13-17-11-5-9-14-6-2-1-3-7-14/h1-3,6-7,15-18H,4-5,8-13H2. The van der Waals surface area contributed by atoms with Gasteiger partial charge < -0.3 is 10.4 Å². The van der Waals surface area contributed by atoms with Crippen LogP contribution in [0.3, 0.4) is 0 Å². The molecule has 2 unspecified atom stereocenters. The summed E-state index contributed by atoms with van der Waals surface area (Å²) in [7, 11) is 0. The highest BCUT2D eigenvalue weighted by Gasteiger charge is 2.19. The third-order valence-electron chi connectivity index (χ3n) is 3.85. The van der Waals surface area contributed by atoms with Gasteiger partial charge in [0.15, 0.2) is 0 Å². The number of aliphatic hydroxyl groups is 1. The molecule has 2 nitrogen and oxygen atoms in total. The third kappa shape index (κ3) is 4.79. The Balaban J connectivity index is 1.53. The fraction of sp³-hybridized carbons (Fsp3) is 0.625. The summed E-state index contributed by atoms with van der Waals surface area (Å²) in [6.45, 7) is 2.16. The molecule has 2 N–H and O–H groups in total. The number of hydrogen-bond acceptors (Lipinski definition) is 2. The predicted molar refractivity (Wildman–Crippen MR) is 75.6 cm³/mol. The van der Waals surface area contributed by atoms with E-state index < -0.39 is 0 Å². The summed E-state index contributed by atoms with van der Waals surface area (Å²) in [5, 5.41) is 13.1. The topological polar surface area (TPSA) is 32.3 Å². The minimum Gasteiger partial charge on any atom is -0.393 e. The van der Waals surface area contributed by atoms with Gasteiger partial charge in [0.05, 0.1) is 6.10 Å². The van der Waals surface area contributed by atoms with Crippen LogP contribution in [0.25, 0.3) is 0 Å². The fourth-order valence-corrected chi connectivity index (χ4v) is 2.82. The smallest absolute Gasteiger partial charge is 0.0543 e. The Morgan fingerprint density at radius 3 is 2.78 bits per heavy atom. The first kappa shape index (κ1) is 13.6. The Bertz CT molecular complexity index is 325. The molecule has 0 aliphatic heterocycles. The molecule has 1 saturated carbocycles. The van der Waals surface area contributed by atoms with Gasteiger partial charge in [-0.25, -0.2) is 0 Å². The average molecular weight is 247 g/mol. The maximum Gasteiger partial charge on any atom is 0.0543 e. The van der Waals surface area contributed by atoms with E-state index in [1.54, 1.807) is 0 Å². The zero-order valence-corrected chi connectivity index (χ0v) is 11.1. The van der Waals surface area contributed by atoms with Crippen LogP contribution < -0.4 is 5.32 Å². The Labute approximate surface area is 110 Å². The van der Waals surface area contributed by atoms with E-state index in [1.807, 2.05) is 0 Å². The first-order valence-corrected chi connectivity index (χ1v) is 7.27. The summed E-state index contributed by atoms with van der Waals surface area (Å²) in [5.41, 5.74) is 1.42. The van der Waals surface area contributed by atoms with Crippen molar-refractivity contribution in [2.45, 2.75) is 44.6 Å². The first-order valence-electron chi connectivity index (χ1n) is 7.27. The van der Waals surface area contributed by atoms with E-state index >= 15 is 0 Å². The molecule has 2 heteroatoms. The van der Waals surface area contributed by atoms with E-state index in [4.69, 9.17) is 0 Å².